The van der Waals surface area contributed by atoms with Gasteiger partial charge in [-0.05, 0) is 178 Å². The van der Waals surface area contributed by atoms with Crippen molar-refractivity contribution in [1.82, 2.24) is 4.57 Å². The minimum atomic E-state index is -0.479. The second-order valence-corrected chi connectivity index (χ2v) is 21.0. The van der Waals surface area contributed by atoms with Gasteiger partial charge in [0, 0.05) is 33.5 Å². The molecule has 0 N–H and O–H groups in total. The third-order valence-corrected chi connectivity index (χ3v) is 17.3. The van der Waals surface area contributed by atoms with Crippen LogP contribution in [0.25, 0.3) is 94.3 Å². The Bertz CT molecular complexity index is 4570. The van der Waals surface area contributed by atoms with Crippen molar-refractivity contribution in [2.75, 3.05) is 4.90 Å². The van der Waals surface area contributed by atoms with Crippen molar-refractivity contribution in [3.05, 3.63) is 324 Å². The predicted octanol–water partition coefficient (Wildman–Crippen LogP) is 19.2. The minimum absolute atomic E-state index is 0.479. The molecule has 12 aromatic carbocycles. The first-order chi connectivity index (χ1) is 38.2. The molecule has 0 aliphatic heterocycles. The Morgan fingerprint density at radius 3 is 1.26 bits per heavy atom. The van der Waals surface area contributed by atoms with Gasteiger partial charge in [-0.2, -0.15) is 0 Å². The normalized spacial score (nSPS) is 13.5. The molecule has 17 rings (SSSR count). The lowest BCUT2D eigenvalue weighted by molar-refractivity contribution is 0.793. The average Bonchev–Trinajstić information content (AvgIpc) is 4.47. The van der Waals surface area contributed by atoms with E-state index in [0.717, 1.165) is 22.7 Å². The molecule has 0 saturated heterocycles. The summed E-state index contributed by atoms with van der Waals surface area (Å²) in [5.41, 5.74) is 32.1. The van der Waals surface area contributed by atoms with Crippen LogP contribution in [0.1, 0.15) is 44.5 Å². The van der Waals surface area contributed by atoms with Crippen molar-refractivity contribution in [3.63, 3.8) is 0 Å². The summed E-state index contributed by atoms with van der Waals surface area (Å²) < 4.78 is 2.39. The maximum absolute atomic E-state index is 2.52. The Labute approximate surface area is 447 Å². The van der Waals surface area contributed by atoms with Crippen molar-refractivity contribution >= 4 is 50.0 Å². The van der Waals surface area contributed by atoms with Crippen LogP contribution < -0.4 is 4.90 Å². The number of para-hydroxylation sites is 2. The van der Waals surface area contributed by atoms with E-state index in [0.29, 0.717) is 0 Å². The van der Waals surface area contributed by atoms with Crippen LogP contribution in [0.15, 0.2) is 279 Å². The summed E-state index contributed by atoms with van der Waals surface area (Å²) in [6.07, 6.45) is 0. The summed E-state index contributed by atoms with van der Waals surface area (Å²) in [7, 11) is 0. The molecular weight excluding hydrogens is 929 g/mol. The standard InChI is InChI=1S/C75H46N2/c1-2-18-49(19-3-1)77-71-33-17-13-26-61(71)65-44-48(36-43-72(65)77)47-34-37-50(38-35-47)76(52-40-42-60-59-25-12-16-32-69(59)75(70(60)46-52)67-30-14-10-23-57(67)58-24-11-15-31-68(58)75)51-39-41-56-55-22-6-9-29-64(55)74(66(56)45-51)73-62-27-7-4-20-53(62)54-21-5-8-28-63(54)73/h1-46H. The molecule has 0 bridgehead atoms. The molecule has 1 heterocycles. The monoisotopic (exact) mass is 974 g/mol. The average molecular weight is 975 g/mol. The van der Waals surface area contributed by atoms with Gasteiger partial charge in [0.2, 0.25) is 0 Å². The highest BCUT2D eigenvalue weighted by Crippen LogP contribution is 2.64. The first-order valence-corrected chi connectivity index (χ1v) is 26.8. The van der Waals surface area contributed by atoms with E-state index in [-0.39, 0.29) is 0 Å². The van der Waals surface area contributed by atoms with Gasteiger partial charge in [-0.3, -0.25) is 0 Å². The third-order valence-electron chi connectivity index (χ3n) is 17.3. The lowest BCUT2D eigenvalue weighted by Gasteiger charge is -2.32. The molecule has 4 aliphatic carbocycles. The van der Waals surface area contributed by atoms with Gasteiger partial charge in [0.15, 0.2) is 0 Å². The quantitative estimate of drug-likeness (QED) is 0.167. The lowest BCUT2D eigenvalue weighted by atomic mass is 9.70. The number of fused-ring (bicyclic) bond motifs is 19. The Morgan fingerprint density at radius 1 is 0.247 bits per heavy atom. The molecule has 0 unspecified atom stereocenters. The number of benzene rings is 12. The SMILES string of the molecule is c1ccc(-n2c3ccccc3c3cc(-c4ccc(N(c5ccc6c(c5)C(=C5c7ccccc7-c7ccccc75)c5ccccc5-6)c5ccc6c(c5)C5(c7ccccc7-c7ccccc75)c5ccccc5-6)cc4)ccc32)cc1. The molecule has 2 heteroatoms. The zero-order chi connectivity index (χ0) is 50.3. The van der Waals surface area contributed by atoms with E-state index in [4.69, 9.17) is 0 Å². The largest absolute Gasteiger partial charge is 0.310 e. The van der Waals surface area contributed by atoms with E-state index in [9.17, 15) is 0 Å². The molecule has 0 atom stereocenters. The highest BCUT2D eigenvalue weighted by Gasteiger charge is 2.51. The molecule has 0 radical (unpaired) electrons. The lowest BCUT2D eigenvalue weighted by Crippen LogP contribution is -2.26. The van der Waals surface area contributed by atoms with Crippen LogP contribution in [0.5, 0.6) is 0 Å². The molecule has 0 fully saturated rings. The predicted molar refractivity (Wildman–Crippen MR) is 320 cm³/mol. The van der Waals surface area contributed by atoms with E-state index in [1.54, 1.807) is 0 Å². The number of rotatable bonds is 5. The van der Waals surface area contributed by atoms with Crippen LogP contribution in [0, 0.1) is 0 Å². The molecular formula is C75H46N2. The smallest absolute Gasteiger partial charge is 0.0726 e. The van der Waals surface area contributed by atoms with Gasteiger partial charge < -0.3 is 9.47 Å². The van der Waals surface area contributed by atoms with Crippen molar-refractivity contribution in [1.29, 1.82) is 0 Å². The van der Waals surface area contributed by atoms with Gasteiger partial charge in [0.1, 0.15) is 0 Å². The topological polar surface area (TPSA) is 8.17 Å². The Hall–Kier alpha value is -10.0. The number of nitrogens with zero attached hydrogens (tertiary/aromatic N) is 2. The first-order valence-electron chi connectivity index (χ1n) is 26.8. The fourth-order valence-electron chi connectivity index (χ4n) is 14.2. The van der Waals surface area contributed by atoms with Crippen molar-refractivity contribution in [3.8, 4) is 61.3 Å². The molecule has 0 amide bonds. The van der Waals surface area contributed by atoms with Gasteiger partial charge in [-0.25, -0.2) is 0 Å². The number of hydrogen-bond donors (Lipinski definition) is 0. The van der Waals surface area contributed by atoms with Crippen LogP contribution in [-0.2, 0) is 5.41 Å². The van der Waals surface area contributed by atoms with Crippen LogP contribution in [-0.4, -0.2) is 4.57 Å². The highest BCUT2D eigenvalue weighted by molar-refractivity contribution is 6.19. The number of hydrogen-bond acceptors (Lipinski definition) is 1. The third kappa shape index (κ3) is 5.79. The fourth-order valence-corrected chi connectivity index (χ4v) is 14.2. The zero-order valence-electron chi connectivity index (χ0n) is 42.0. The Kier molecular flexibility index (Phi) is 8.80. The van der Waals surface area contributed by atoms with E-state index >= 15 is 0 Å². The molecule has 77 heavy (non-hydrogen) atoms. The fraction of sp³-hybridized carbons (Fsp3) is 0.0133. The van der Waals surface area contributed by atoms with Gasteiger partial charge >= 0.3 is 0 Å². The molecule has 2 nitrogen and oxygen atoms in total. The summed E-state index contributed by atoms with van der Waals surface area (Å²) in [6, 6.07) is 104. The van der Waals surface area contributed by atoms with Gasteiger partial charge in [0.05, 0.1) is 16.4 Å². The molecule has 4 aliphatic rings. The summed E-state index contributed by atoms with van der Waals surface area (Å²) in [6.45, 7) is 0. The van der Waals surface area contributed by atoms with Crippen LogP contribution in [0.2, 0.25) is 0 Å². The Balaban J connectivity index is 0.882. The number of aromatic nitrogens is 1. The van der Waals surface area contributed by atoms with E-state index in [1.807, 2.05) is 0 Å². The summed E-state index contributed by atoms with van der Waals surface area (Å²) in [5, 5.41) is 2.49. The van der Waals surface area contributed by atoms with Crippen molar-refractivity contribution < 1.29 is 0 Å². The minimum Gasteiger partial charge on any atom is -0.310 e. The second-order valence-electron chi connectivity index (χ2n) is 21.0. The molecule has 13 aromatic rings. The van der Waals surface area contributed by atoms with Crippen LogP contribution >= 0.6 is 0 Å². The summed E-state index contributed by atoms with van der Waals surface area (Å²) in [5.74, 6) is 0. The number of anilines is 3. The van der Waals surface area contributed by atoms with E-state index in [1.165, 1.54) is 133 Å². The molecule has 1 aromatic heterocycles. The van der Waals surface area contributed by atoms with Crippen molar-refractivity contribution in [2.24, 2.45) is 0 Å². The van der Waals surface area contributed by atoms with Crippen molar-refractivity contribution in [2.45, 2.75) is 5.41 Å². The maximum atomic E-state index is 2.52. The van der Waals surface area contributed by atoms with Gasteiger partial charge in [0.25, 0.3) is 0 Å². The Morgan fingerprint density at radius 2 is 0.662 bits per heavy atom. The summed E-state index contributed by atoms with van der Waals surface area (Å²) in [4.78, 5) is 2.51. The van der Waals surface area contributed by atoms with Gasteiger partial charge in [-0.1, -0.05) is 212 Å². The molecule has 356 valence electrons. The summed E-state index contributed by atoms with van der Waals surface area (Å²) >= 11 is 0. The molecule has 0 saturated carbocycles. The van der Waals surface area contributed by atoms with Gasteiger partial charge in [-0.15, -0.1) is 0 Å². The molecule has 1 spiro atoms. The first kappa shape index (κ1) is 42.3. The van der Waals surface area contributed by atoms with E-state index < -0.39 is 5.41 Å². The maximum Gasteiger partial charge on any atom is 0.0726 e. The van der Waals surface area contributed by atoms with Crippen LogP contribution in [0.4, 0.5) is 17.1 Å². The highest BCUT2D eigenvalue weighted by atomic mass is 15.1. The zero-order valence-corrected chi connectivity index (χ0v) is 42.0. The van der Waals surface area contributed by atoms with Crippen LogP contribution in [0.3, 0.4) is 0 Å². The second kappa shape index (κ2) is 16.0. The van der Waals surface area contributed by atoms with E-state index in [2.05, 4.69) is 289 Å².